The van der Waals surface area contributed by atoms with E-state index in [1.807, 2.05) is 25.1 Å². The molecular formula is C29H31N11O4S. The number of ketones is 1. The Bertz CT molecular complexity index is 1840. The standard InChI is InChI=1S/C29H31N11O4S/c1-2-15-7-11-18(19(13-15)25-37-39-40-38-25)21(41)6-4-3-5-20(28(43)44)34-27(42)22-12-10-17(45-22)9-8-16-14-32-26-23(33-16)24(30)35-29(31)36-26/h7,10-14,20H,2-6,8-9H2,1H3,(H,34,42)(H,43,44)(H,37,38,39,40)(H4,30,31,32,35,36)/t20-/m0/s1. The highest BCUT2D eigenvalue weighted by atomic mass is 32.1. The van der Waals surface area contributed by atoms with Crippen LogP contribution in [0.1, 0.15) is 68.8 Å². The summed E-state index contributed by atoms with van der Waals surface area (Å²) in [4.78, 5) is 55.8. The van der Waals surface area contributed by atoms with E-state index < -0.39 is 17.9 Å². The van der Waals surface area contributed by atoms with Crippen LogP contribution in [0.25, 0.3) is 22.6 Å². The first-order valence-corrected chi connectivity index (χ1v) is 15.1. The average Bonchev–Trinajstić information content (AvgIpc) is 3.74. The van der Waals surface area contributed by atoms with Gasteiger partial charge in [-0.1, -0.05) is 25.5 Å². The minimum atomic E-state index is -1.14. The van der Waals surface area contributed by atoms with Crippen molar-refractivity contribution < 1.29 is 19.5 Å². The van der Waals surface area contributed by atoms with Gasteiger partial charge in [-0.25, -0.2) is 14.8 Å². The SMILES string of the molecule is CCc1ccc(C(=O)CCCC[C@H](NC(=O)c2ccc(CCc3cnc4nc(N)nc(N)c4n3)s2)C(=O)O)c(-c2nn[nH]n2)c1. The van der Waals surface area contributed by atoms with Gasteiger partial charge in [0.15, 0.2) is 22.8 Å². The van der Waals surface area contributed by atoms with Gasteiger partial charge in [0, 0.05) is 22.4 Å². The van der Waals surface area contributed by atoms with Crippen LogP contribution in [-0.2, 0) is 24.1 Å². The van der Waals surface area contributed by atoms with Gasteiger partial charge < -0.3 is 21.9 Å². The molecule has 0 aliphatic rings. The van der Waals surface area contributed by atoms with E-state index in [1.54, 1.807) is 18.3 Å². The van der Waals surface area contributed by atoms with Crippen LogP contribution in [0.5, 0.6) is 0 Å². The van der Waals surface area contributed by atoms with E-state index in [1.165, 1.54) is 11.3 Å². The number of aromatic amines is 1. The molecule has 4 aromatic heterocycles. The summed E-state index contributed by atoms with van der Waals surface area (Å²) in [7, 11) is 0. The van der Waals surface area contributed by atoms with Gasteiger partial charge in [0.05, 0.1) is 16.8 Å². The summed E-state index contributed by atoms with van der Waals surface area (Å²) in [6, 6.07) is 7.93. The third kappa shape index (κ3) is 7.59. The number of thiophene rings is 1. The molecule has 0 saturated heterocycles. The lowest BCUT2D eigenvalue weighted by molar-refractivity contribution is -0.139. The van der Waals surface area contributed by atoms with Crippen molar-refractivity contribution in [2.75, 3.05) is 11.5 Å². The Balaban J connectivity index is 1.12. The van der Waals surface area contributed by atoms with Crippen molar-refractivity contribution in [3.8, 4) is 11.4 Å². The van der Waals surface area contributed by atoms with Gasteiger partial charge in [-0.2, -0.15) is 15.2 Å². The van der Waals surface area contributed by atoms with Crippen molar-refractivity contribution in [3.05, 3.63) is 63.1 Å². The number of amides is 1. The highest BCUT2D eigenvalue weighted by Gasteiger charge is 2.22. The molecule has 5 rings (SSSR count). The van der Waals surface area contributed by atoms with Crippen LogP contribution >= 0.6 is 11.3 Å². The number of carbonyl (C=O) groups excluding carboxylic acids is 2. The summed E-state index contributed by atoms with van der Waals surface area (Å²) in [6.45, 7) is 2.01. The second kappa shape index (κ2) is 13.9. The van der Waals surface area contributed by atoms with Crippen molar-refractivity contribution in [3.63, 3.8) is 0 Å². The second-order valence-electron chi connectivity index (χ2n) is 10.3. The number of Topliss-reactive ketones (excluding diaryl/α,β-unsaturated/α-hetero) is 1. The molecule has 232 valence electrons. The molecule has 1 aromatic carbocycles. The molecular weight excluding hydrogens is 598 g/mol. The third-order valence-electron chi connectivity index (χ3n) is 7.14. The number of H-pyrrole nitrogens is 1. The zero-order chi connectivity index (χ0) is 31.9. The smallest absolute Gasteiger partial charge is 0.326 e. The number of nitrogens with two attached hydrogens (primary N) is 2. The number of carboxylic acid groups (broad SMARTS) is 1. The maximum absolute atomic E-state index is 13.0. The first-order chi connectivity index (χ1) is 21.7. The van der Waals surface area contributed by atoms with Crippen molar-refractivity contribution in [1.82, 2.24) is 45.9 Å². The molecule has 4 heterocycles. The van der Waals surface area contributed by atoms with Gasteiger partial charge in [0.1, 0.15) is 6.04 Å². The van der Waals surface area contributed by atoms with Crippen LogP contribution in [0, 0.1) is 0 Å². The van der Waals surface area contributed by atoms with Gasteiger partial charge >= 0.3 is 5.97 Å². The zero-order valence-electron chi connectivity index (χ0n) is 24.4. The number of unbranched alkanes of at least 4 members (excludes halogenated alkanes) is 1. The van der Waals surface area contributed by atoms with E-state index in [0.29, 0.717) is 64.4 Å². The Labute approximate surface area is 260 Å². The average molecular weight is 630 g/mol. The molecule has 0 spiro atoms. The number of aryl methyl sites for hydroxylation is 3. The Morgan fingerprint density at radius 1 is 1.07 bits per heavy atom. The van der Waals surface area contributed by atoms with Crippen LogP contribution in [0.3, 0.4) is 0 Å². The molecule has 45 heavy (non-hydrogen) atoms. The van der Waals surface area contributed by atoms with E-state index in [-0.39, 0.29) is 30.4 Å². The number of anilines is 2. The number of benzene rings is 1. The summed E-state index contributed by atoms with van der Waals surface area (Å²) in [5.74, 6) is -1.19. The first-order valence-electron chi connectivity index (χ1n) is 14.3. The number of hydrogen-bond acceptors (Lipinski definition) is 13. The topological polar surface area (TPSA) is 242 Å². The minimum absolute atomic E-state index is 0.0245. The van der Waals surface area contributed by atoms with Gasteiger partial charge in [-0.15, -0.1) is 21.5 Å². The molecule has 0 unspecified atom stereocenters. The molecule has 1 amide bonds. The Hall–Kier alpha value is -5.38. The van der Waals surface area contributed by atoms with E-state index in [4.69, 9.17) is 11.5 Å². The molecule has 1 atom stereocenters. The minimum Gasteiger partial charge on any atom is -0.480 e. The summed E-state index contributed by atoms with van der Waals surface area (Å²) in [6.07, 6.45) is 4.76. The van der Waals surface area contributed by atoms with Crippen molar-refractivity contribution in [1.29, 1.82) is 0 Å². The maximum atomic E-state index is 13.0. The number of aliphatic carboxylic acids is 1. The molecule has 7 N–H and O–H groups in total. The summed E-state index contributed by atoms with van der Waals surface area (Å²) < 4.78 is 0. The second-order valence-corrected chi connectivity index (χ2v) is 11.4. The monoisotopic (exact) mass is 629 g/mol. The molecule has 0 radical (unpaired) electrons. The quantitative estimate of drug-likeness (QED) is 0.0877. The third-order valence-corrected chi connectivity index (χ3v) is 8.29. The molecule has 0 saturated carbocycles. The largest absolute Gasteiger partial charge is 0.480 e. The molecule has 0 fully saturated rings. The molecule has 5 aromatic rings. The van der Waals surface area contributed by atoms with E-state index in [0.717, 1.165) is 16.9 Å². The lowest BCUT2D eigenvalue weighted by Gasteiger charge is -2.14. The number of hydrogen-bond donors (Lipinski definition) is 5. The number of carboxylic acids is 1. The molecule has 0 aliphatic heterocycles. The predicted octanol–water partition coefficient (Wildman–Crippen LogP) is 2.80. The van der Waals surface area contributed by atoms with Crippen LogP contribution in [0.15, 0.2) is 36.5 Å². The zero-order valence-corrected chi connectivity index (χ0v) is 25.2. The number of nitrogens with one attached hydrogen (secondary N) is 2. The Kier molecular flexibility index (Phi) is 9.62. The fourth-order valence-corrected chi connectivity index (χ4v) is 5.67. The predicted molar refractivity (Wildman–Crippen MR) is 166 cm³/mol. The van der Waals surface area contributed by atoms with Gasteiger partial charge in [0.2, 0.25) is 11.8 Å². The Morgan fingerprint density at radius 2 is 1.91 bits per heavy atom. The maximum Gasteiger partial charge on any atom is 0.326 e. The molecule has 0 aliphatic carbocycles. The first kappa shape index (κ1) is 31.1. The summed E-state index contributed by atoms with van der Waals surface area (Å²) >= 11 is 1.27. The Morgan fingerprint density at radius 3 is 2.67 bits per heavy atom. The molecule has 15 nitrogen and oxygen atoms in total. The van der Waals surface area contributed by atoms with Gasteiger partial charge in [-0.05, 0) is 61.1 Å². The lowest BCUT2D eigenvalue weighted by Crippen LogP contribution is -2.40. The van der Waals surface area contributed by atoms with Crippen LogP contribution < -0.4 is 16.8 Å². The van der Waals surface area contributed by atoms with Crippen molar-refractivity contribution in [2.45, 2.75) is 57.9 Å². The number of nitrogen functional groups attached to an aromatic ring is 2. The van der Waals surface area contributed by atoms with Gasteiger partial charge in [0.25, 0.3) is 5.91 Å². The van der Waals surface area contributed by atoms with Crippen LogP contribution in [0.4, 0.5) is 11.8 Å². The highest BCUT2D eigenvalue weighted by molar-refractivity contribution is 7.14. The number of fused-ring (bicyclic) bond motifs is 1. The number of rotatable bonds is 14. The van der Waals surface area contributed by atoms with E-state index in [2.05, 4.69) is 45.9 Å². The van der Waals surface area contributed by atoms with Gasteiger partial charge in [-0.3, -0.25) is 9.59 Å². The van der Waals surface area contributed by atoms with E-state index >= 15 is 0 Å². The van der Waals surface area contributed by atoms with Crippen molar-refractivity contribution >= 4 is 51.9 Å². The number of tetrazole rings is 1. The normalized spacial score (nSPS) is 11.8. The van der Waals surface area contributed by atoms with Crippen molar-refractivity contribution in [2.24, 2.45) is 0 Å². The molecule has 0 bridgehead atoms. The summed E-state index contributed by atoms with van der Waals surface area (Å²) in [5, 5.41) is 26.4. The molecule has 16 heteroatoms. The van der Waals surface area contributed by atoms with Crippen LogP contribution in [0.2, 0.25) is 0 Å². The lowest BCUT2D eigenvalue weighted by atomic mass is 9.96. The highest BCUT2D eigenvalue weighted by Crippen LogP contribution is 2.24. The number of aromatic nitrogens is 8. The fraction of sp³-hybridized carbons (Fsp3) is 0.310. The number of nitrogens with zero attached hydrogens (tertiary/aromatic N) is 7. The van der Waals surface area contributed by atoms with Crippen LogP contribution in [-0.4, -0.2) is 69.4 Å². The number of carbonyl (C=O) groups is 3. The fourth-order valence-electron chi connectivity index (χ4n) is 4.76. The summed E-state index contributed by atoms with van der Waals surface area (Å²) in [5.41, 5.74) is 15.0. The van der Waals surface area contributed by atoms with E-state index in [9.17, 15) is 19.5 Å².